The first-order valence-electron chi connectivity index (χ1n) is 9.39. The minimum atomic E-state index is 0.595. The van der Waals surface area contributed by atoms with Gasteiger partial charge in [0.25, 0.3) is 0 Å². The Bertz CT molecular complexity index is 406. The fourth-order valence-corrected chi connectivity index (χ4v) is 7.15. The highest BCUT2D eigenvalue weighted by Crippen LogP contribution is 2.63. The van der Waals surface area contributed by atoms with Gasteiger partial charge in [-0.05, 0) is 86.9 Å². The molecule has 0 aromatic rings. The van der Waals surface area contributed by atoms with Gasteiger partial charge in [-0.1, -0.05) is 37.8 Å². The Morgan fingerprint density at radius 1 is 0.900 bits per heavy atom. The number of rotatable bonds is 0. The van der Waals surface area contributed by atoms with Crippen LogP contribution in [0.1, 0.15) is 78.1 Å². The van der Waals surface area contributed by atoms with Crippen LogP contribution >= 0.6 is 0 Å². The first-order valence-corrected chi connectivity index (χ1v) is 9.39. The first kappa shape index (κ1) is 13.4. The van der Waals surface area contributed by atoms with Crippen molar-refractivity contribution in [3.05, 3.63) is 11.6 Å². The smallest absolute Gasteiger partial charge is 0.00853 e. The van der Waals surface area contributed by atoms with Crippen LogP contribution < -0.4 is 0 Å². The van der Waals surface area contributed by atoms with Crippen LogP contribution in [0, 0.1) is 35.0 Å². The van der Waals surface area contributed by atoms with Crippen molar-refractivity contribution in [3.63, 3.8) is 0 Å². The summed E-state index contributed by atoms with van der Waals surface area (Å²) in [5.74, 6) is 5.49. The molecule has 0 unspecified atom stereocenters. The zero-order valence-electron chi connectivity index (χ0n) is 13.5. The maximum Gasteiger partial charge on any atom is -0.00853 e. The van der Waals surface area contributed by atoms with E-state index >= 15 is 0 Å². The third kappa shape index (κ3) is 1.79. The summed E-state index contributed by atoms with van der Waals surface area (Å²) in [6, 6.07) is 0. The fourth-order valence-electron chi connectivity index (χ4n) is 7.15. The molecule has 4 fully saturated rings. The molecule has 0 amide bonds. The molecule has 0 spiro atoms. The molecule has 4 aliphatic rings. The Labute approximate surface area is 125 Å². The second kappa shape index (κ2) is 4.89. The van der Waals surface area contributed by atoms with Crippen molar-refractivity contribution in [1.82, 2.24) is 0 Å². The lowest BCUT2D eigenvalue weighted by Crippen LogP contribution is -2.46. The molecule has 112 valence electrons. The van der Waals surface area contributed by atoms with Crippen LogP contribution in [-0.4, -0.2) is 0 Å². The summed E-state index contributed by atoms with van der Waals surface area (Å²) in [7, 11) is 0. The minimum absolute atomic E-state index is 0.595. The Hall–Kier alpha value is -0.260. The highest BCUT2D eigenvalue weighted by atomic mass is 14.6. The van der Waals surface area contributed by atoms with E-state index in [-0.39, 0.29) is 0 Å². The largest absolute Gasteiger partial charge is 0.0879 e. The summed E-state index contributed by atoms with van der Waals surface area (Å²) < 4.78 is 0. The van der Waals surface area contributed by atoms with Gasteiger partial charge in [0.2, 0.25) is 0 Å². The van der Waals surface area contributed by atoms with Gasteiger partial charge in [-0.15, -0.1) is 0 Å². The Morgan fingerprint density at radius 3 is 2.60 bits per heavy atom. The van der Waals surface area contributed by atoms with E-state index in [1.165, 1.54) is 32.1 Å². The van der Waals surface area contributed by atoms with E-state index in [1.807, 2.05) is 5.57 Å². The van der Waals surface area contributed by atoms with Crippen molar-refractivity contribution in [3.8, 4) is 0 Å². The van der Waals surface area contributed by atoms with Gasteiger partial charge in [-0.25, -0.2) is 0 Å². The number of hydrogen-bond donors (Lipinski definition) is 0. The van der Waals surface area contributed by atoms with Gasteiger partial charge in [0.1, 0.15) is 0 Å². The molecule has 6 atom stereocenters. The number of allylic oxidation sites excluding steroid dienone is 2. The third-order valence-corrected chi connectivity index (χ3v) is 8.08. The molecule has 0 nitrogen and oxygen atoms in total. The average molecular weight is 272 g/mol. The van der Waals surface area contributed by atoms with Crippen LogP contribution in [-0.2, 0) is 0 Å². The number of fused-ring (bicyclic) bond motifs is 5. The Kier molecular flexibility index (Phi) is 3.28. The van der Waals surface area contributed by atoms with Gasteiger partial charge in [0.05, 0.1) is 0 Å². The van der Waals surface area contributed by atoms with E-state index < -0.39 is 0 Å². The summed E-state index contributed by atoms with van der Waals surface area (Å²) >= 11 is 0. The lowest BCUT2D eigenvalue weighted by Gasteiger charge is -2.55. The van der Waals surface area contributed by atoms with Crippen molar-refractivity contribution in [2.45, 2.75) is 78.1 Å². The molecule has 20 heavy (non-hydrogen) atoms. The molecule has 4 saturated carbocycles. The second-order valence-electron chi connectivity index (χ2n) is 8.53. The van der Waals surface area contributed by atoms with Crippen molar-refractivity contribution < 1.29 is 0 Å². The molecule has 0 aromatic carbocycles. The van der Waals surface area contributed by atoms with Gasteiger partial charge < -0.3 is 0 Å². The van der Waals surface area contributed by atoms with E-state index in [0.29, 0.717) is 5.41 Å². The van der Waals surface area contributed by atoms with Crippen LogP contribution in [0.3, 0.4) is 0 Å². The van der Waals surface area contributed by atoms with Crippen molar-refractivity contribution in [2.75, 3.05) is 0 Å². The van der Waals surface area contributed by atoms with E-state index in [2.05, 4.69) is 19.9 Å². The lowest BCUT2D eigenvalue weighted by atomic mass is 9.50. The lowest BCUT2D eigenvalue weighted by molar-refractivity contribution is -0.0403. The van der Waals surface area contributed by atoms with Gasteiger partial charge in [-0.3, -0.25) is 0 Å². The average Bonchev–Trinajstić information content (AvgIpc) is 2.83. The van der Waals surface area contributed by atoms with Gasteiger partial charge in [0.15, 0.2) is 0 Å². The maximum atomic E-state index is 2.61. The highest BCUT2D eigenvalue weighted by Gasteiger charge is 2.54. The predicted molar refractivity (Wildman–Crippen MR) is 85.5 cm³/mol. The maximum absolute atomic E-state index is 2.61. The molecule has 0 saturated heterocycles. The van der Waals surface area contributed by atoms with Crippen molar-refractivity contribution in [1.29, 1.82) is 0 Å². The Balaban J connectivity index is 1.61. The van der Waals surface area contributed by atoms with Crippen LogP contribution in [0.5, 0.6) is 0 Å². The van der Waals surface area contributed by atoms with Gasteiger partial charge in [-0.2, -0.15) is 0 Å². The zero-order chi connectivity index (χ0) is 13.7. The third-order valence-electron chi connectivity index (χ3n) is 8.08. The fraction of sp³-hybridized carbons (Fsp3) is 0.900. The molecule has 0 heterocycles. The molecule has 0 radical (unpaired) electrons. The molecule has 0 aromatic heterocycles. The monoisotopic (exact) mass is 272 g/mol. The van der Waals surface area contributed by atoms with Crippen molar-refractivity contribution in [2.24, 2.45) is 35.0 Å². The molecule has 0 heteroatoms. The zero-order valence-corrected chi connectivity index (χ0v) is 13.5. The predicted octanol–water partition coefficient (Wildman–Crippen LogP) is 5.98. The molecular formula is C20H32. The van der Waals surface area contributed by atoms with Gasteiger partial charge >= 0.3 is 0 Å². The first-order chi connectivity index (χ1) is 9.74. The van der Waals surface area contributed by atoms with Gasteiger partial charge in [0, 0.05) is 0 Å². The van der Waals surface area contributed by atoms with E-state index in [0.717, 1.165) is 29.6 Å². The topological polar surface area (TPSA) is 0 Å². The second-order valence-corrected chi connectivity index (χ2v) is 8.53. The highest BCUT2D eigenvalue weighted by molar-refractivity contribution is 5.23. The van der Waals surface area contributed by atoms with E-state index in [4.69, 9.17) is 0 Å². The van der Waals surface area contributed by atoms with Crippen LogP contribution in [0.15, 0.2) is 11.6 Å². The molecule has 0 bridgehead atoms. The van der Waals surface area contributed by atoms with Crippen molar-refractivity contribution >= 4 is 0 Å². The minimum Gasteiger partial charge on any atom is -0.0879 e. The molecule has 4 rings (SSSR count). The molecule has 0 aliphatic heterocycles. The summed E-state index contributed by atoms with van der Waals surface area (Å²) in [5.41, 5.74) is 2.41. The molecule has 0 N–H and O–H groups in total. The van der Waals surface area contributed by atoms with E-state index in [1.54, 1.807) is 32.1 Å². The normalized spacial score (nSPS) is 53.3. The van der Waals surface area contributed by atoms with Crippen LogP contribution in [0.2, 0.25) is 0 Å². The summed E-state index contributed by atoms with van der Waals surface area (Å²) in [4.78, 5) is 0. The number of hydrogen-bond acceptors (Lipinski definition) is 0. The SMILES string of the molecule is C/C=C1/CC[C@H]2[C@@H]3CC[C@@H]4CCCC[C@@H]4[C@H]3CC[C@]12C. The standard InChI is InChI=1S/C20H32/c1-3-15-9-11-19-18-10-8-14-6-4-5-7-16(14)17(18)12-13-20(15,19)2/h3,14,16-19H,4-13H2,1-2H3/b15-3-/t14-,16-,17+,18+,19-,20+/m0/s1. The Morgan fingerprint density at radius 2 is 1.75 bits per heavy atom. The molecule has 4 aliphatic carbocycles. The quantitative estimate of drug-likeness (QED) is 0.476. The van der Waals surface area contributed by atoms with Crippen LogP contribution in [0.4, 0.5) is 0 Å². The summed E-state index contributed by atoms with van der Waals surface area (Å²) in [5, 5.41) is 0. The van der Waals surface area contributed by atoms with E-state index in [9.17, 15) is 0 Å². The summed E-state index contributed by atoms with van der Waals surface area (Å²) in [6.07, 6.45) is 17.8. The summed E-state index contributed by atoms with van der Waals surface area (Å²) in [6.45, 7) is 4.90. The van der Waals surface area contributed by atoms with Crippen LogP contribution in [0.25, 0.3) is 0 Å². The molecular weight excluding hydrogens is 240 g/mol.